The smallest absolute Gasteiger partial charge is 0.413 e. The minimum absolute atomic E-state index is 0.0718. The van der Waals surface area contributed by atoms with Gasteiger partial charge in [0.15, 0.2) is 22.3 Å². The topological polar surface area (TPSA) is 215 Å². The molecule has 74 heavy (non-hydrogen) atoms. The fraction of sp³-hybridized carbons (Fsp3) is 0.431. The number of oxime groups is 1. The number of amides is 4. The lowest BCUT2D eigenvalue weighted by Gasteiger charge is -2.50. The Balaban J connectivity index is 0.888. The van der Waals surface area contributed by atoms with Crippen LogP contribution in [0.5, 0.6) is 23.0 Å². The van der Waals surface area contributed by atoms with Crippen LogP contribution in [-0.2, 0) is 41.8 Å². The summed E-state index contributed by atoms with van der Waals surface area (Å²) < 4.78 is 49.5. The first-order chi connectivity index (χ1) is 35.4. The number of carbonyl (C=O) groups excluding carboxylic acids is 5. The van der Waals surface area contributed by atoms with Crippen molar-refractivity contribution < 1.29 is 66.0 Å². The van der Waals surface area contributed by atoms with E-state index in [0.717, 1.165) is 45.4 Å². The highest BCUT2D eigenvalue weighted by molar-refractivity contribution is 8.00. The Morgan fingerprint density at radius 1 is 0.919 bits per heavy atom. The van der Waals surface area contributed by atoms with E-state index in [2.05, 4.69) is 37.8 Å². The molecule has 392 valence electrons. The maximum Gasteiger partial charge on any atom is 0.413 e. The highest BCUT2D eigenvalue weighted by Crippen LogP contribution is 2.44. The van der Waals surface area contributed by atoms with Gasteiger partial charge in [-0.2, -0.15) is 0 Å². The number of hydrogen-bond donors (Lipinski definition) is 3. The van der Waals surface area contributed by atoms with Gasteiger partial charge in [0.05, 0.1) is 45.3 Å². The molecule has 0 saturated carbocycles. The maximum absolute atomic E-state index is 16.0. The molecule has 1 unspecified atom stereocenters. The van der Waals surface area contributed by atoms with E-state index in [1.165, 1.54) is 25.6 Å². The summed E-state index contributed by atoms with van der Waals surface area (Å²) in [5, 5.41) is 13.7. The van der Waals surface area contributed by atoms with Crippen molar-refractivity contribution in [3.8, 4) is 23.0 Å². The molecule has 4 aliphatic heterocycles. The summed E-state index contributed by atoms with van der Waals surface area (Å²) in [6.45, 7) is 5.94. The Hall–Kier alpha value is -6.85. The number of likely N-dealkylation sites (N-methyl/N-ethyl adjacent to an activating group) is 1. The van der Waals surface area contributed by atoms with Gasteiger partial charge >= 0.3 is 14.1 Å². The van der Waals surface area contributed by atoms with E-state index in [1.807, 2.05) is 54.7 Å². The number of hydrogen-bond acceptors (Lipinski definition) is 16. The van der Waals surface area contributed by atoms with Crippen molar-refractivity contribution in [2.24, 2.45) is 5.16 Å². The lowest BCUT2D eigenvalue weighted by molar-refractivity contribution is -0.944. The van der Waals surface area contributed by atoms with Crippen LogP contribution in [0.15, 0.2) is 83.0 Å². The number of thiazole rings is 1. The summed E-state index contributed by atoms with van der Waals surface area (Å²) in [5.74, 6) is -0.434. The van der Waals surface area contributed by atoms with Crippen LogP contribution >= 0.6 is 23.1 Å². The molecule has 4 aliphatic rings. The predicted molar refractivity (Wildman–Crippen MR) is 276 cm³/mol. The Labute approximate surface area is 437 Å². The molecule has 6 atom stereocenters. The van der Waals surface area contributed by atoms with Crippen LogP contribution in [0, 0.1) is 5.82 Å². The highest BCUT2D eigenvalue weighted by atomic mass is 32.2. The molecule has 4 amide bonds. The van der Waals surface area contributed by atoms with E-state index in [1.54, 1.807) is 51.7 Å². The highest BCUT2D eigenvalue weighted by Gasteiger charge is 2.54. The third kappa shape index (κ3) is 12.7. The fourth-order valence-electron chi connectivity index (χ4n) is 9.55. The molecule has 8 rings (SSSR count). The van der Waals surface area contributed by atoms with Gasteiger partial charge in [0, 0.05) is 60.7 Å². The molecule has 3 saturated heterocycles. The molecule has 5 heterocycles. The second-order valence-electron chi connectivity index (χ2n) is 19.5. The van der Waals surface area contributed by atoms with Crippen molar-refractivity contribution >= 4 is 71.8 Å². The summed E-state index contributed by atoms with van der Waals surface area (Å²) in [7, 11) is 6.65. The number of thioether (sulfide) groups is 1. The number of fused-ring (bicyclic) bond motifs is 3. The number of quaternary nitrogens is 1. The first-order valence-electron chi connectivity index (χ1n) is 24.1. The zero-order valence-electron chi connectivity index (χ0n) is 42.3. The van der Waals surface area contributed by atoms with Gasteiger partial charge in [-0.3, -0.25) is 24.5 Å². The first-order valence-corrected chi connectivity index (χ1v) is 26.0. The van der Waals surface area contributed by atoms with E-state index >= 15 is 4.39 Å². The number of nitrogens with one attached hydrogen (secondary N) is 3. The minimum atomic E-state index is -0.868. The zero-order valence-corrected chi connectivity index (χ0v) is 43.9. The van der Waals surface area contributed by atoms with Gasteiger partial charge < -0.3 is 53.2 Å². The van der Waals surface area contributed by atoms with Crippen LogP contribution in [0.25, 0.3) is 0 Å². The fourth-order valence-corrected chi connectivity index (χ4v) is 11.5. The molecule has 4 aromatic rings. The van der Waals surface area contributed by atoms with E-state index < -0.39 is 41.3 Å². The van der Waals surface area contributed by atoms with E-state index in [0.29, 0.717) is 36.6 Å². The van der Waals surface area contributed by atoms with Crippen molar-refractivity contribution in [3.63, 3.8) is 0 Å². The number of ether oxygens (including phenoxy) is 5. The summed E-state index contributed by atoms with van der Waals surface area (Å²) in [4.78, 5) is 76.8. The van der Waals surface area contributed by atoms with Crippen LogP contribution in [0.1, 0.15) is 80.1 Å². The second kappa shape index (κ2) is 23.1. The molecule has 0 spiro atoms. The number of halogens is 1. The molecule has 0 radical (unpaired) electrons. The van der Waals surface area contributed by atoms with Crippen molar-refractivity contribution in [2.75, 3.05) is 45.5 Å². The van der Waals surface area contributed by atoms with Gasteiger partial charge in [-0.15, -0.1) is 23.1 Å². The summed E-state index contributed by atoms with van der Waals surface area (Å²) in [6.07, 6.45) is 4.34. The molecule has 1 aromatic heterocycles. The lowest BCUT2D eigenvalue weighted by Crippen LogP contribution is -2.69. The van der Waals surface area contributed by atoms with Crippen molar-refractivity contribution in [1.82, 2.24) is 20.5 Å². The van der Waals surface area contributed by atoms with Crippen LogP contribution in [0.4, 0.5) is 14.3 Å². The molecule has 2 bridgehead atoms. The van der Waals surface area contributed by atoms with Gasteiger partial charge in [-0.05, 0) is 62.2 Å². The number of β-lactam (4-membered cyclic amide) rings is 1. The number of benzene rings is 3. The lowest BCUT2D eigenvalue weighted by atomic mass is 9.93. The Morgan fingerprint density at radius 3 is 2.14 bits per heavy atom. The number of piperidine rings is 1. The third-order valence-electron chi connectivity index (χ3n) is 13.4. The van der Waals surface area contributed by atoms with Gasteiger partial charge in [0.2, 0.25) is 0 Å². The average molecular weight is 1060 g/mol. The number of nitrogens with zero attached hydrogens (tertiary/aromatic N) is 4. The van der Waals surface area contributed by atoms with Gasteiger partial charge in [-0.1, -0.05) is 29.4 Å². The normalized spacial score (nSPS) is 22.0. The molecule has 0 aliphatic carbocycles. The number of aromatic nitrogens is 1. The van der Waals surface area contributed by atoms with E-state index in [-0.39, 0.29) is 89.2 Å². The van der Waals surface area contributed by atoms with Crippen molar-refractivity contribution in [2.45, 2.75) is 101 Å². The molecule has 3 aromatic carbocycles. The molecular formula is C51H60BFN7O12S2+. The number of methoxy groups -OCH3 is 2. The average Bonchev–Trinajstić information content (AvgIpc) is 3.87. The monoisotopic (exact) mass is 1060 g/mol. The van der Waals surface area contributed by atoms with E-state index in [9.17, 15) is 24.0 Å². The van der Waals surface area contributed by atoms with Gasteiger partial charge in [-0.25, -0.2) is 14.2 Å². The van der Waals surface area contributed by atoms with E-state index in [4.69, 9.17) is 28.5 Å². The SMILES string of the molecule is BOC(=O)CCO/N=C(\C(=O)N[C@@H]1C(=O)N2C=C(C[N+]3(C)[C@@H]4CC[C@H]3C[C@@H](NC(=O)c3cc(OCc5ccc(OC)cc5)c(OCc5ccc(OC)cc5)cc3F)C4)CS[C@H]12)c1csc(NC(=O)OC(C)(C)C)n1. The molecule has 19 nitrogen and oxygen atoms in total. The largest absolute Gasteiger partial charge is 0.543 e. The second-order valence-corrected chi connectivity index (χ2v) is 21.5. The van der Waals surface area contributed by atoms with Gasteiger partial charge in [0.1, 0.15) is 66.4 Å². The Morgan fingerprint density at radius 2 is 1.54 bits per heavy atom. The quantitative estimate of drug-likeness (QED) is 0.0236. The van der Waals surface area contributed by atoms with Crippen LogP contribution in [0.2, 0.25) is 0 Å². The van der Waals surface area contributed by atoms with Gasteiger partial charge in [0.25, 0.3) is 23.7 Å². The first kappa shape index (κ1) is 53.4. The third-order valence-corrected chi connectivity index (χ3v) is 15.5. The molecule has 3 fully saturated rings. The summed E-state index contributed by atoms with van der Waals surface area (Å²) >= 11 is 2.58. The summed E-state index contributed by atoms with van der Waals surface area (Å²) in [5.41, 5.74) is 1.67. The number of anilines is 1. The van der Waals surface area contributed by atoms with Crippen LogP contribution in [0.3, 0.4) is 0 Å². The molecular weight excluding hydrogens is 997 g/mol. The Kier molecular flexibility index (Phi) is 16.7. The van der Waals surface area contributed by atoms with Crippen molar-refractivity contribution in [3.05, 3.63) is 106 Å². The standard InChI is InChI=1S/C51H59BFN7O12S2/c1-51(2,3)71-50(65)57-49-55-39(28-74-49)43(58-70-18-17-42(61)72-52)46(63)56-44-47(64)59-23-31(27-73-48(44)59)24-60(4)33-11-12-34(60)20-32(19-33)54-45(62)37-21-40(68-25-29-7-13-35(66-5)14-8-29)41(22-38(37)53)69-26-30-9-15-36(67-6)16-10-30/h7-10,13-16,21-23,28,32-34,44,48H,11-12,17-20,24-27,52H2,1-6H3,(H2-,54,55,56,57,62,63,65)/p+1/b58-43-/t32-,33+,34-,44-,48-,60?/m1/s1. The number of carbonyl (C=O) groups is 5. The van der Waals surface area contributed by atoms with Crippen molar-refractivity contribution in [1.29, 1.82) is 0 Å². The predicted octanol–water partition coefficient (Wildman–Crippen LogP) is 5.86. The Bertz CT molecular complexity index is 2780. The molecule has 23 heteroatoms. The molecule has 3 N–H and O–H groups in total. The van der Waals surface area contributed by atoms with Crippen LogP contribution < -0.4 is 34.9 Å². The number of rotatable bonds is 20. The van der Waals surface area contributed by atoms with Crippen LogP contribution in [-0.4, -0.2) is 133 Å². The minimum Gasteiger partial charge on any atom is -0.543 e. The zero-order chi connectivity index (χ0) is 52.7. The summed E-state index contributed by atoms with van der Waals surface area (Å²) in [6, 6.07) is 16.7. The maximum atomic E-state index is 16.0.